The number of anilines is 2. The average molecular weight is 483 g/mol. The van der Waals surface area contributed by atoms with Crippen LogP contribution in [0.2, 0.25) is 0 Å². The number of rotatable bonds is 6. The van der Waals surface area contributed by atoms with E-state index in [1.165, 1.54) is 19.3 Å². The predicted molar refractivity (Wildman–Crippen MR) is 128 cm³/mol. The molecule has 1 amide bonds. The van der Waals surface area contributed by atoms with Crippen molar-refractivity contribution in [3.05, 3.63) is 71.8 Å². The largest absolute Gasteiger partial charge is 0.433 e. The summed E-state index contributed by atoms with van der Waals surface area (Å²) in [5, 5.41) is 10.7. The first-order valence-corrected chi connectivity index (χ1v) is 11.2. The van der Waals surface area contributed by atoms with Crippen LogP contribution in [0.1, 0.15) is 36.1 Å². The van der Waals surface area contributed by atoms with E-state index in [-0.39, 0.29) is 16.9 Å². The number of likely N-dealkylation sites (tertiary alicyclic amines) is 1. The highest BCUT2D eigenvalue weighted by Crippen LogP contribution is 2.28. The predicted octanol–water partition coefficient (Wildman–Crippen LogP) is 4.74. The number of pyridine rings is 2. The fraction of sp³-hybridized carbons (Fsp3) is 0.280. The van der Waals surface area contributed by atoms with Crippen molar-refractivity contribution in [3.63, 3.8) is 0 Å². The number of aromatic nitrogens is 2. The van der Waals surface area contributed by atoms with Crippen molar-refractivity contribution in [3.8, 4) is 11.1 Å². The maximum Gasteiger partial charge on any atom is 0.433 e. The Balaban J connectivity index is 1.50. The van der Waals surface area contributed by atoms with E-state index < -0.39 is 23.5 Å². The third-order valence-corrected chi connectivity index (χ3v) is 5.84. The monoisotopic (exact) mass is 482 g/mol. The highest BCUT2D eigenvalue weighted by Gasteiger charge is 2.32. The maximum absolute atomic E-state index is 12.7. The second kappa shape index (κ2) is 10.2. The van der Waals surface area contributed by atoms with Gasteiger partial charge in [-0.25, -0.2) is 4.98 Å². The van der Waals surface area contributed by atoms with Crippen molar-refractivity contribution in [2.45, 2.75) is 32.0 Å². The van der Waals surface area contributed by atoms with Gasteiger partial charge in [0.25, 0.3) is 5.91 Å². The van der Waals surface area contributed by atoms with Gasteiger partial charge < -0.3 is 11.1 Å². The number of piperidine rings is 1. The molecule has 182 valence electrons. The molecule has 0 bridgehead atoms. The van der Waals surface area contributed by atoms with Gasteiger partial charge in [0, 0.05) is 35.8 Å². The summed E-state index contributed by atoms with van der Waals surface area (Å²) in [5.41, 5.74) is 7.69. The topological polar surface area (TPSA) is 108 Å². The standard InChI is InChI=1S/C25H25F3N6O/c26-25(27,28)22-7-5-19(14-32-22)33-24(35)23(30)20-11-17(4-6-21(20)29)18-10-16(12-31-13-18)15-34-8-2-1-3-9-34/h4-7,10-14,30H,1-3,8-9,15,29H2,(H,33,35). The lowest BCUT2D eigenvalue weighted by molar-refractivity contribution is -0.141. The van der Waals surface area contributed by atoms with Crippen molar-refractivity contribution in [1.82, 2.24) is 14.9 Å². The molecule has 3 heterocycles. The third-order valence-electron chi connectivity index (χ3n) is 5.84. The van der Waals surface area contributed by atoms with Crippen LogP contribution in [0.3, 0.4) is 0 Å². The van der Waals surface area contributed by atoms with Gasteiger partial charge in [-0.3, -0.25) is 20.1 Å². The lowest BCUT2D eigenvalue weighted by Crippen LogP contribution is -2.29. The molecule has 1 fully saturated rings. The minimum atomic E-state index is -4.58. The van der Waals surface area contributed by atoms with Crippen LogP contribution >= 0.6 is 0 Å². The molecule has 0 unspecified atom stereocenters. The van der Waals surface area contributed by atoms with Crippen LogP contribution in [0, 0.1) is 5.41 Å². The van der Waals surface area contributed by atoms with Crippen molar-refractivity contribution in [1.29, 1.82) is 5.41 Å². The van der Waals surface area contributed by atoms with Gasteiger partial charge in [-0.1, -0.05) is 12.5 Å². The summed E-state index contributed by atoms with van der Waals surface area (Å²) in [6.07, 6.45) is 3.52. The molecule has 7 nitrogen and oxygen atoms in total. The fourth-order valence-corrected chi connectivity index (χ4v) is 4.01. The Morgan fingerprint density at radius 1 is 1.03 bits per heavy atom. The average Bonchev–Trinajstić information content (AvgIpc) is 2.84. The van der Waals surface area contributed by atoms with Gasteiger partial charge in [0.15, 0.2) is 0 Å². The van der Waals surface area contributed by atoms with Crippen LogP contribution in [-0.2, 0) is 17.5 Å². The molecule has 2 aromatic heterocycles. The van der Waals surface area contributed by atoms with Gasteiger partial charge >= 0.3 is 6.18 Å². The Morgan fingerprint density at radius 3 is 2.49 bits per heavy atom. The molecule has 3 aromatic rings. The number of nitrogens with zero attached hydrogens (tertiary/aromatic N) is 3. The van der Waals surface area contributed by atoms with Crippen molar-refractivity contribution >= 4 is 23.0 Å². The molecule has 35 heavy (non-hydrogen) atoms. The summed E-state index contributed by atoms with van der Waals surface area (Å²) < 4.78 is 38.1. The molecule has 0 spiro atoms. The first-order chi connectivity index (χ1) is 16.7. The number of carbonyl (C=O) groups excluding carboxylic acids is 1. The SMILES string of the molecule is N=C(C(=O)Nc1ccc(C(F)(F)F)nc1)c1cc(-c2cncc(CN3CCCCC3)c2)ccc1N. The normalized spacial score (nSPS) is 14.5. The van der Waals surface area contributed by atoms with Gasteiger partial charge in [0.1, 0.15) is 11.4 Å². The molecule has 1 aliphatic rings. The van der Waals surface area contributed by atoms with E-state index in [9.17, 15) is 18.0 Å². The van der Waals surface area contributed by atoms with Gasteiger partial charge in [-0.05, 0) is 67.4 Å². The number of nitrogens with two attached hydrogens (primary N) is 1. The summed E-state index contributed by atoms with van der Waals surface area (Å²) in [6.45, 7) is 2.94. The molecule has 1 aromatic carbocycles. The number of nitrogens with one attached hydrogen (secondary N) is 2. The Hall–Kier alpha value is -3.79. The summed E-state index contributed by atoms with van der Waals surface area (Å²) in [4.78, 5) is 22.7. The van der Waals surface area contributed by atoms with Gasteiger partial charge in [0.05, 0.1) is 11.9 Å². The van der Waals surface area contributed by atoms with Gasteiger partial charge in [-0.2, -0.15) is 13.2 Å². The van der Waals surface area contributed by atoms with E-state index in [0.29, 0.717) is 0 Å². The number of hydrogen-bond acceptors (Lipinski definition) is 6. The van der Waals surface area contributed by atoms with Gasteiger partial charge in [-0.15, -0.1) is 0 Å². The van der Waals surface area contributed by atoms with Crippen LogP contribution in [0.25, 0.3) is 11.1 Å². The maximum atomic E-state index is 12.7. The third kappa shape index (κ3) is 6.02. The van der Waals surface area contributed by atoms with Crippen molar-refractivity contribution < 1.29 is 18.0 Å². The minimum Gasteiger partial charge on any atom is -0.398 e. The number of benzene rings is 1. The Morgan fingerprint density at radius 2 is 1.80 bits per heavy atom. The number of alkyl halides is 3. The molecule has 0 aliphatic carbocycles. The molecular weight excluding hydrogens is 457 g/mol. The Kier molecular flexibility index (Phi) is 7.11. The lowest BCUT2D eigenvalue weighted by atomic mass is 9.99. The molecule has 4 rings (SSSR count). The van der Waals surface area contributed by atoms with E-state index in [1.807, 2.05) is 12.3 Å². The summed E-state index contributed by atoms with van der Waals surface area (Å²) in [7, 11) is 0. The minimum absolute atomic E-state index is 0.0390. The zero-order valence-corrected chi connectivity index (χ0v) is 18.9. The van der Waals surface area contributed by atoms with Crippen LogP contribution in [0.4, 0.5) is 24.5 Å². The quantitative estimate of drug-likeness (QED) is 0.348. The number of hydrogen-bond donors (Lipinski definition) is 3. The highest BCUT2D eigenvalue weighted by atomic mass is 19.4. The van der Waals surface area contributed by atoms with E-state index in [4.69, 9.17) is 11.1 Å². The molecule has 0 saturated carbocycles. The zero-order valence-electron chi connectivity index (χ0n) is 18.9. The van der Waals surface area contributed by atoms with E-state index in [1.54, 1.807) is 24.4 Å². The van der Waals surface area contributed by atoms with Crippen LogP contribution < -0.4 is 11.1 Å². The van der Waals surface area contributed by atoms with Gasteiger partial charge in [0.2, 0.25) is 0 Å². The first kappa shape index (κ1) is 24.3. The van der Waals surface area contributed by atoms with E-state index >= 15 is 0 Å². The summed E-state index contributed by atoms with van der Waals surface area (Å²) >= 11 is 0. The number of halogens is 3. The first-order valence-electron chi connectivity index (χ1n) is 11.2. The van der Waals surface area contributed by atoms with E-state index in [0.717, 1.165) is 54.7 Å². The summed E-state index contributed by atoms with van der Waals surface area (Å²) in [5.74, 6) is -0.813. The molecule has 0 atom stereocenters. The molecule has 0 radical (unpaired) electrons. The van der Waals surface area contributed by atoms with Crippen LogP contribution in [-0.4, -0.2) is 39.6 Å². The number of carbonyl (C=O) groups is 1. The van der Waals surface area contributed by atoms with Crippen LogP contribution in [0.15, 0.2) is 55.0 Å². The Labute approximate surface area is 200 Å². The second-order valence-corrected chi connectivity index (χ2v) is 8.48. The van der Waals surface area contributed by atoms with Crippen molar-refractivity contribution in [2.24, 2.45) is 0 Å². The Bertz CT molecular complexity index is 1220. The molecular formula is C25H25F3N6O. The molecule has 1 saturated heterocycles. The zero-order chi connectivity index (χ0) is 25.0. The number of nitrogen functional groups attached to an aromatic ring is 1. The second-order valence-electron chi connectivity index (χ2n) is 8.48. The number of amides is 1. The molecule has 1 aliphatic heterocycles. The molecule has 10 heteroatoms. The van der Waals surface area contributed by atoms with Crippen LogP contribution in [0.5, 0.6) is 0 Å². The molecule has 4 N–H and O–H groups in total. The fourth-order valence-electron chi connectivity index (χ4n) is 4.01. The summed E-state index contributed by atoms with van der Waals surface area (Å²) in [6, 6.07) is 8.94. The highest BCUT2D eigenvalue weighted by molar-refractivity contribution is 6.48. The lowest BCUT2D eigenvalue weighted by Gasteiger charge is -2.26. The van der Waals surface area contributed by atoms with Crippen molar-refractivity contribution in [2.75, 3.05) is 24.1 Å². The van der Waals surface area contributed by atoms with E-state index in [2.05, 4.69) is 20.2 Å². The smallest absolute Gasteiger partial charge is 0.398 e.